The third-order valence-electron chi connectivity index (χ3n) is 13.8. The van der Waals surface area contributed by atoms with Gasteiger partial charge in [-0.25, -0.2) is 4.79 Å². The van der Waals surface area contributed by atoms with Crippen molar-refractivity contribution in [3.63, 3.8) is 0 Å². The van der Waals surface area contributed by atoms with Gasteiger partial charge in [0.1, 0.15) is 6.04 Å². The zero-order valence-corrected chi connectivity index (χ0v) is 32.4. The van der Waals surface area contributed by atoms with Crippen LogP contribution >= 0.6 is 0 Å². The third kappa shape index (κ3) is 7.97. The van der Waals surface area contributed by atoms with Crippen molar-refractivity contribution in [1.82, 2.24) is 5.32 Å². The van der Waals surface area contributed by atoms with Crippen LogP contribution in [0.25, 0.3) is 0 Å². The highest BCUT2D eigenvalue weighted by atomic mass is 16.7. The Morgan fingerprint density at radius 2 is 1.67 bits per heavy atom. The van der Waals surface area contributed by atoms with Gasteiger partial charge in [-0.1, -0.05) is 26.8 Å². The molecule has 0 heterocycles. The first-order valence-corrected chi connectivity index (χ1v) is 19.4. The lowest BCUT2D eigenvalue weighted by atomic mass is 9.43. The van der Waals surface area contributed by atoms with Gasteiger partial charge in [0.05, 0.1) is 23.7 Å². The number of aliphatic carboxylic acids is 1. The SMILES string of the molecule is C[C@H](CCC(=O)NC(Cc1ccc(OC(C)(C)OC(=O)C(C)(C)C)c(O)c1)C(=O)O)C1CCC2C3C(C[C@H](O)[C@@]21C)[C@@]1(C)CC[C@@H](O)CC1C[C@H]3O. The van der Waals surface area contributed by atoms with Gasteiger partial charge in [-0.3, -0.25) is 9.59 Å². The van der Waals surface area contributed by atoms with E-state index in [1.165, 1.54) is 12.1 Å². The summed E-state index contributed by atoms with van der Waals surface area (Å²) in [6.07, 6.45) is 4.92. The van der Waals surface area contributed by atoms with Crippen molar-refractivity contribution in [3.05, 3.63) is 23.8 Å². The maximum absolute atomic E-state index is 13.2. The summed E-state index contributed by atoms with van der Waals surface area (Å²) in [4.78, 5) is 37.7. The number of fused-ring (bicyclic) bond motifs is 5. The maximum Gasteiger partial charge on any atom is 0.326 e. The number of phenols is 1. The summed E-state index contributed by atoms with van der Waals surface area (Å²) in [7, 11) is 0. The van der Waals surface area contributed by atoms with Gasteiger partial charge in [0.25, 0.3) is 0 Å². The van der Waals surface area contributed by atoms with Gasteiger partial charge in [-0.2, -0.15) is 0 Å². The second kappa shape index (κ2) is 14.7. The molecule has 6 N–H and O–H groups in total. The van der Waals surface area contributed by atoms with E-state index in [9.17, 15) is 39.9 Å². The summed E-state index contributed by atoms with van der Waals surface area (Å²) in [6, 6.07) is 3.23. The van der Waals surface area contributed by atoms with Gasteiger partial charge in [0.2, 0.25) is 11.7 Å². The number of amides is 1. The van der Waals surface area contributed by atoms with Crippen LogP contribution in [0.1, 0.15) is 119 Å². The molecule has 4 saturated carbocycles. The molecule has 12 atom stereocenters. The van der Waals surface area contributed by atoms with E-state index in [1.54, 1.807) is 40.7 Å². The zero-order chi connectivity index (χ0) is 38.6. The molecule has 11 heteroatoms. The van der Waals surface area contributed by atoms with Crippen LogP contribution in [-0.4, -0.2) is 73.5 Å². The Labute approximate surface area is 308 Å². The number of carbonyl (C=O) groups excluding carboxylic acids is 2. The highest BCUT2D eigenvalue weighted by Gasteiger charge is 2.65. The molecule has 0 bridgehead atoms. The molecule has 0 aliphatic heterocycles. The number of aromatic hydroxyl groups is 1. The highest BCUT2D eigenvalue weighted by molar-refractivity contribution is 5.83. The van der Waals surface area contributed by atoms with Crippen molar-refractivity contribution in [2.24, 2.45) is 51.8 Å². The van der Waals surface area contributed by atoms with Crippen LogP contribution in [0.3, 0.4) is 0 Å². The number of carbonyl (C=O) groups is 3. The van der Waals surface area contributed by atoms with Crippen LogP contribution in [0.15, 0.2) is 18.2 Å². The Morgan fingerprint density at radius 1 is 0.981 bits per heavy atom. The molecule has 292 valence electrons. The fourth-order valence-corrected chi connectivity index (χ4v) is 10.8. The molecule has 1 amide bonds. The molecule has 0 radical (unpaired) electrons. The quantitative estimate of drug-likeness (QED) is 0.124. The van der Waals surface area contributed by atoms with Crippen LogP contribution in [-0.2, 0) is 25.5 Å². The van der Waals surface area contributed by atoms with Crippen molar-refractivity contribution in [2.75, 3.05) is 0 Å². The Balaban J connectivity index is 1.18. The number of hydrogen-bond acceptors (Lipinski definition) is 9. The predicted octanol–water partition coefficient (Wildman–Crippen LogP) is 5.59. The number of hydrogen-bond donors (Lipinski definition) is 6. The maximum atomic E-state index is 13.2. The summed E-state index contributed by atoms with van der Waals surface area (Å²) < 4.78 is 11.2. The number of carboxylic acids is 1. The molecule has 4 fully saturated rings. The Morgan fingerprint density at radius 3 is 2.31 bits per heavy atom. The van der Waals surface area contributed by atoms with Crippen LogP contribution in [0.5, 0.6) is 11.5 Å². The number of nitrogens with one attached hydrogen (secondary N) is 1. The van der Waals surface area contributed by atoms with Crippen molar-refractivity contribution in [2.45, 2.75) is 150 Å². The molecule has 4 aliphatic carbocycles. The number of rotatable bonds is 11. The topological polar surface area (TPSA) is 183 Å². The summed E-state index contributed by atoms with van der Waals surface area (Å²) in [5, 5.41) is 57.1. The van der Waals surface area contributed by atoms with Crippen LogP contribution in [0.4, 0.5) is 0 Å². The Bertz CT molecular complexity index is 1490. The number of benzene rings is 1. The van der Waals surface area contributed by atoms with Crippen molar-refractivity contribution < 1.29 is 49.4 Å². The lowest BCUT2D eigenvalue weighted by Gasteiger charge is -2.63. The number of aliphatic hydroxyl groups is 3. The molecule has 11 nitrogen and oxygen atoms in total. The summed E-state index contributed by atoms with van der Waals surface area (Å²) in [5.74, 6) is -2.59. The van der Waals surface area contributed by atoms with E-state index in [2.05, 4.69) is 26.1 Å². The smallest absolute Gasteiger partial charge is 0.326 e. The minimum Gasteiger partial charge on any atom is -0.504 e. The van der Waals surface area contributed by atoms with Gasteiger partial charge in [-0.05, 0) is 136 Å². The fraction of sp³-hybridized carbons (Fsp3) is 0.780. The average Bonchev–Trinajstić information content (AvgIpc) is 3.39. The first kappa shape index (κ1) is 40.3. The van der Waals surface area contributed by atoms with E-state index < -0.39 is 41.4 Å². The van der Waals surface area contributed by atoms with E-state index in [0.717, 1.165) is 32.1 Å². The molecule has 4 aliphatic rings. The number of aliphatic hydroxyl groups excluding tert-OH is 3. The minimum absolute atomic E-state index is 0.00189. The van der Waals surface area contributed by atoms with Crippen molar-refractivity contribution in [1.29, 1.82) is 0 Å². The largest absolute Gasteiger partial charge is 0.504 e. The molecular weight excluding hydrogens is 666 g/mol. The lowest BCUT2D eigenvalue weighted by Crippen LogP contribution is -2.62. The van der Waals surface area contributed by atoms with Gasteiger partial charge >= 0.3 is 11.9 Å². The zero-order valence-electron chi connectivity index (χ0n) is 32.4. The van der Waals surface area contributed by atoms with Gasteiger partial charge in [0.15, 0.2) is 11.5 Å². The molecule has 1 aromatic rings. The van der Waals surface area contributed by atoms with Crippen LogP contribution in [0, 0.1) is 51.8 Å². The first-order valence-electron chi connectivity index (χ1n) is 19.4. The molecule has 52 heavy (non-hydrogen) atoms. The number of carboxylic acid groups (broad SMARTS) is 1. The molecule has 5 rings (SSSR count). The predicted molar refractivity (Wildman–Crippen MR) is 194 cm³/mol. The minimum atomic E-state index is -1.37. The molecule has 0 spiro atoms. The number of ether oxygens (including phenoxy) is 2. The third-order valence-corrected chi connectivity index (χ3v) is 13.8. The van der Waals surface area contributed by atoms with Gasteiger partial charge < -0.3 is 40.3 Å². The molecule has 0 aromatic heterocycles. The lowest BCUT2D eigenvalue weighted by molar-refractivity contribution is -0.207. The van der Waals surface area contributed by atoms with Crippen molar-refractivity contribution in [3.8, 4) is 11.5 Å². The Kier molecular flexibility index (Phi) is 11.4. The van der Waals surface area contributed by atoms with E-state index in [0.29, 0.717) is 24.8 Å². The summed E-state index contributed by atoms with van der Waals surface area (Å²) >= 11 is 0. The van der Waals surface area contributed by atoms with E-state index in [-0.39, 0.29) is 82.7 Å². The summed E-state index contributed by atoms with van der Waals surface area (Å²) in [6.45, 7) is 14.9. The number of phenolic OH excluding ortho intramolecular Hbond substituents is 1. The number of esters is 1. The second-order valence-corrected chi connectivity index (χ2v) is 18.6. The van der Waals surface area contributed by atoms with E-state index in [1.807, 2.05) is 0 Å². The average molecular weight is 730 g/mol. The van der Waals surface area contributed by atoms with Crippen molar-refractivity contribution >= 4 is 17.8 Å². The van der Waals surface area contributed by atoms with Crippen LogP contribution < -0.4 is 10.1 Å². The summed E-state index contributed by atoms with van der Waals surface area (Å²) in [5.41, 5.74) is -0.661. The van der Waals surface area contributed by atoms with E-state index >= 15 is 0 Å². The van der Waals surface area contributed by atoms with Crippen LogP contribution in [0.2, 0.25) is 0 Å². The van der Waals surface area contributed by atoms with Gasteiger partial charge in [-0.15, -0.1) is 0 Å². The first-order chi connectivity index (χ1) is 24.1. The second-order valence-electron chi connectivity index (χ2n) is 18.6. The molecular formula is C41H63NO10. The fourth-order valence-electron chi connectivity index (χ4n) is 10.8. The standard InChI is InChI=1S/C41H63NO10/c1-22(26-11-12-27-35-28(21-33(46)41(26,27)8)40(7)16-15-25(43)19-24(40)20-31(35)45)9-14-34(47)42-29(36(48)49)17-23-10-13-32(30(44)18-23)51-39(5,6)52-37(50)38(2,3)4/h10,13,18,22,24-29,31,33,35,43-46H,9,11-12,14-17,19-21H2,1-8H3,(H,42,47)(H,48,49)/t22-,24?,25-,26?,27?,28?,29?,31-,33+,35?,40+,41-/m1/s1. The molecule has 1 aromatic carbocycles. The highest BCUT2D eigenvalue weighted by Crippen LogP contribution is 2.68. The Hall–Kier alpha value is -2.89. The molecule has 0 saturated heterocycles. The van der Waals surface area contributed by atoms with Gasteiger partial charge in [0, 0.05) is 26.7 Å². The monoisotopic (exact) mass is 729 g/mol. The molecule has 6 unspecified atom stereocenters. The normalized spacial score (nSPS) is 35.7. The van der Waals surface area contributed by atoms with E-state index in [4.69, 9.17) is 9.47 Å².